The topological polar surface area (TPSA) is 61.0 Å². The van der Waals surface area contributed by atoms with Crippen LogP contribution in [0.25, 0.3) is 0 Å². The van der Waals surface area contributed by atoms with Gasteiger partial charge < -0.3 is 20.4 Å². The summed E-state index contributed by atoms with van der Waals surface area (Å²) in [6.07, 6.45) is 5.91. The van der Waals surface area contributed by atoms with Gasteiger partial charge in [0.15, 0.2) is 11.1 Å². The zero-order valence-electron chi connectivity index (χ0n) is 13.2. The van der Waals surface area contributed by atoms with Crippen molar-refractivity contribution in [2.45, 2.75) is 19.3 Å². The fourth-order valence-corrected chi connectivity index (χ4v) is 3.78. The molecule has 7 heteroatoms. The molecule has 0 spiro atoms. The smallest absolute Gasteiger partial charge is 0.191 e. The van der Waals surface area contributed by atoms with Crippen LogP contribution >= 0.6 is 11.3 Å². The maximum Gasteiger partial charge on any atom is 0.191 e. The van der Waals surface area contributed by atoms with Crippen LogP contribution in [-0.2, 0) is 0 Å². The number of rotatable bonds is 4. The van der Waals surface area contributed by atoms with Crippen molar-refractivity contribution in [3.8, 4) is 0 Å². The van der Waals surface area contributed by atoms with E-state index in [0.29, 0.717) is 5.96 Å². The van der Waals surface area contributed by atoms with E-state index in [4.69, 9.17) is 5.73 Å². The number of anilines is 1. The molecule has 3 rings (SSSR count). The molecule has 22 heavy (non-hydrogen) atoms. The van der Waals surface area contributed by atoms with Crippen molar-refractivity contribution in [2.75, 3.05) is 57.3 Å². The van der Waals surface area contributed by atoms with E-state index in [1.165, 1.54) is 32.4 Å². The van der Waals surface area contributed by atoms with Gasteiger partial charge in [-0.25, -0.2) is 4.98 Å². The van der Waals surface area contributed by atoms with Crippen molar-refractivity contribution < 1.29 is 0 Å². The summed E-state index contributed by atoms with van der Waals surface area (Å²) in [7, 11) is 0. The van der Waals surface area contributed by atoms with E-state index in [1.54, 1.807) is 11.3 Å². The molecule has 2 N–H and O–H groups in total. The first-order valence-corrected chi connectivity index (χ1v) is 9.12. The second-order valence-electron chi connectivity index (χ2n) is 5.93. The van der Waals surface area contributed by atoms with Crippen molar-refractivity contribution >= 4 is 22.4 Å². The molecule has 2 fully saturated rings. The molecule has 0 radical (unpaired) electrons. The second-order valence-corrected chi connectivity index (χ2v) is 6.80. The lowest BCUT2D eigenvalue weighted by Crippen LogP contribution is -2.51. The molecule has 2 aliphatic rings. The number of aliphatic imine (C=N–C) groups is 1. The van der Waals surface area contributed by atoms with Crippen LogP contribution in [0.5, 0.6) is 0 Å². The van der Waals surface area contributed by atoms with Gasteiger partial charge in [0.25, 0.3) is 0 Å². The summed E-state index contributed by atoms with van der Waals surface area (Å²) in [5.41, 5.74) is 6.15. The highest BCUT2D eigenvalue weighted by atomic mass is 32.1. The number of hydrogen-bond acceptors (Lipinski definition) is 5. The van der Waals surface area contributed by atoms with Crippen LogP contribution in [-0.4, -0.2) is 73.1 Å². The molecule has 122 valence electrons. The first-order valence-electron chi connectivity index (χ1n) is 8.24. The quantitative estimate of drug-likeness (QED) is 0.664. The van der Waals surface area contributed by atoms with Gasteiger partial charge in [0, 0.05) is 44.3 Å². The molecule has 1 aromatic rings. The third-order valence-electron chi connectivity index (χ3n) is 4.43. The fourth-order valence-electron chi connectivity index (χ4n) is 3.09. The Kier molecular flexibility index (Phi) is 5.50. The van der Waals surface area contributed by atoms with Crippen LogP contribution < -0.4 is 10.6 Å². The molecule has 0 unspecified atom stereocenters. The minimum Gasteiger partial charge on any atom is -0.370 e. The van der Waals surface area contributed by atoms with Gasteiger partial charge in [0.1, 0.15) is 0 Å². The zero-order chi connectivity index (χ0) is 15.2. The lowest BCUT2D eigenvalue weighted by Gasteiger charge is -2.35. The van der Waals surface area contributed by atoms with Crippen LogP contribution in [0.2, 0.25) is 0 Å². The molecule has 0 aliphatic carbocycles. The van der Waals surface area contributed by atoms with Gasteiger partial charge in [0.05, 0.1) is 6.54 Å². The molecule has 2 aliphatic heterocycles. The van der Waals surface area contributed by atoms with Crippen molar-refractivity contribution in [3.05, 3.63) is 11.6 Å². The van der Waals surface area contributed by atoms with Gasteiger partial charge in [-0.15, -0.1) is 11.3 Å². The SMILES string of the molecule is NC(=NCCN1CCCCC1)N1CCN(c2nccs2)CC1. The normalized spacial score (nSPS) is 21.4. The summed E-state index contributed by atoms with van der Waals surface area (Å²) >= 11 is 1.70. The summed E-state index contributed by atoms with van der Waals surface area (Å²) in [5.74, 6) is 0.704. The number of aromatic nitrogens is 1. The lowest BCUT2D eigenvalue weighted by atomic mass is 10.1. The van der Waals surface area contributed by atoms with E-state index in [0.717, 1.165) is 44.4 Å². The Morgan fingerprint density at radius 1 is 1.14 bits per heavy atom. The Balaban J connectivity index is 1.41. The number of piperazine rings is 1. The molecule has 0 aromatic carbocycles. The van der Waals surface area contributed by atoms with Gasteiger partial charge in [-0.2, -0.15) is 0 Å². The van der Waals surface area contributed by atoms with Crippen LogP contribution in [0.1, 0.15) is 19.3 Å². The molecule has 1 aromatic heterocycles. The summed E-state index contributed by atoms with van der Waals surface area (Å²) in [5, 5.41) is 3.14. The Hall–Kier alpha value is -1.34. The van der Waals surface area contributed by atoms with Crippen LogP contribution in [0.3, 0.4) is 0 Å². The molecule has 3 heterocycles. The third kappa shape index (κ3) is 4.10. The van der Waals surface area contributed by atoms with E-state index in [1.807, 2.05) is 11.6 Å². The average molecular weight is 322 g/mol. The van der Waals surface area contributed by atoms with Crippen LogP contribution in [0.4, 0.5) is 5.13 Å². The largest absolute Gasteiger partial charge is 0.370 e. The summed E-state index contributed by atoms with van der Waals surface area (Å²) in [6, 6.07) is 0. The number of piperidine rings is 1. The second kappa shape index (κ2) is 7.78. The Labute approximate surface area is 136 Å². The van der Waals surface area contributed by atoms with E-state index in [9.17, 15) is 0 Å². The van der Waals surface area contributed by atoms with Crippen LogP contribution in [0.15, 0.2) is 16.6 Å². The molecular formula is C15H26N6S. The number of guanidine groups is 1. The number of nitrogens with two attached hydrogens (primary N) is 1. The number of hydrogen-bond donors (Lipinski definition) is 1. The van der Waals surface area contributed by atoms with Gasteiger partial charge in [-0.3, -0.25) is 4.99 Å². The molecule has 0 bridgehead atoms. The van der Waals surface area contributed by atoms with Crippen molar-refractivity contribution in [1.82, 2.24) is 14.8 Å². The summed E-state index contributed by atoms with van der Waals surface area (Å²) in [4.78, 5) is 16.0. The van der Waals surface area contributed by atoms with E-state index < -0.39 is 0 Å². The molecule has 0 saturated carbocycles. The maximum absolute atomic E-state index is 6.15. The van der Waals surface area contributed by atoms with Gasteiger partial charge in [-0.05, 0) is 25.9 Å². The molecule has 6 nitrogen and oxygen atoms in total. The van der Waals surface area contributed by atoms with Crippen molar-refractivity contribution in [2.24, 2.45) is 10.7 Å². The molecule has 2 saturated heterocycles. The Bertz CT molecular complexity index is 460. The fraction of sp³-hybridized carbons (Fsp3) is 0.733. The van der Waals surface area contributed by atoms with Crippen LogP contribution in [0, 0.1) is 0 Å². The summed E-state index contributed by atoms with van der Waals surface area (Å²) in [6.45, 7) is 8.10. The third-order valence-corrected chi connectivity index (χ3v) is 5.26. The van der Waals surface area contributed by atoms with E-state index in [-0.39, 0.29) is 0 Å². The summed E-state index contributed by atoms with van der Waals surface area (Å²) < 4.78 is 0. The van der Waals surface area contributed by atoms with Gasteiger partial charge in [0.2, 0.25) is 0 Å². The molecule has 0 atom stereocenters. The van der Waals surface area contributed by atoms with Crippen molar-refractivity contribution in [1.29, 1.82) is 0 Å². The highest BCUT2D eigenvalue weighted by molar-refractivity contribution is 7.13. The molecule has 0 amide bonds. The first kappa shape index (κ1) is 15.6. The lowest BCUT2D eigenvalue weighted by molar-refractivity contribution is 0.235. The van der Waals surface area contributed by atoms with Crippen molar-refractivity contribution in [3.63, 3.8) is 0 Å². The standard InChI is InChI=1S/C15H26N6S/c16-14(17-4-8-19-6-2-1-3-7-19)20-9-11-21(12-10-20)15-18-5-13-22-15/h5,13H,1-4,6-12H2,(H2,16,17). The zero-order valence-corrected chi connectivity index (χ0v) is 14.0. The predicted octanol–water partition coefficient (Wildman–Crippen LogP) is 1.07. The van der Waals surface area contributed by atoms with E-state index in [2.05, 4.69) is 24.7 Å². The minimum atomic E-state index is 0.704. The Morgan fingerprint density at radius 2 is 1.91 bits per heavy atom. The van der Waals surface area contributed by atoms with Gasteiger partial charge in [-0.1, -0.05) is 6.42 Å². The monoisotopic (exact) mass is 322 g/mol. The average Bonchev–Trinajstić information content (AvgIpc) is 3.10. The Morgan fingerprint density at radius 3 is 2.59 bits per heavy atom. The highest BCUT2D eigenvalue weighted by Gasteiger charge is 2.19. The number of likely N-dealkylation sites (tertiary alicyclic amines) is 1. The predicted molar refractivity (Wildman–Crippen MR) is 92.7 cm³/mol. The van der Waals surface area contributed by atoms with E-state index >= 15 is 0 Å². The number of thiazole rings is 1. The molecular weight excluding hydrogens is 296 g/mol. The first-order chi connectivity index (χ1) is 10.8. The number of nitrogens with zero attached hydrogens (tertiary/aromatic N) is 5. The maximum atomic E-state index is 6.15. The highest BCUT2D eigenvalue weighted by Crippen LogP contribution is 2.18. The van der Waals surface area contributed by atoms with Gasteiger partial charge >= 0.3 is 0 Å². The minimum absolute atomic E-state index is 0.704.